The summed E-state index contributed by atoms with van der Waals surface area (Å²) >= 11 is 0. The fraction of sp³-hybridized carbons (Fsp3) is 0.421. The van der Waals surface area contributed by atoms with Crippen molar-refractivity contribution in [2.24, 2.45) is 4.99 Å². The number of methoxy groups -OCH3 is 1. The number of aryl methyl sites for hydroxylation is 1. The number of aromatic nitrogens is 2. The Kier molecular flexibility index (Phi) is 5.66. The van der Waals surface area contributed by atoms with Crippen LogP contribution >= 0.6 is 0 Å². The molecule has 2 aliphatic rings. The van der Waals surface area contributed by atoms with Crippen molar-refractivity contribution in [2.45, 2.75) is 32.0 Å². The van der Waals surface area contributed by atoms with E-state index in [1.807, 2.05) is 13.0 Å². The summed E-state index contributed by atoms with van der Waals surface area (Å²) in [6, 6.07) is 3.79. The topological polar surface area (TPSA) is 110 Å². The molecule has 0 spiro atoms. The molecule has 4 rings (SSSR count). The van der Waals surface area contributed by atoms with Crippen molar-refractivity contribution in [3.63, 3.8) is 0 Å². The smallest absolute Gasteiger partial charge is 0.495 e. The molecule has 1 aromatic heterocycles. The molecule has 0 radical (unpaired) electrons. The first-order valence-electron chi connectivity index (χ1n) is 9.50. The van der Waals surface area contributed by atoms with Crippen LogP contribution in [0.5, 0.6) is 5.75 Å². The van der Waals surface area contributed by atoms with Crippen LogP contribution in [0, 0.1) is 6.92 Å². The highest BCUT2D eigenvalue weighted by atomic mass is 16.5. The fourth-order valence-corrected chi connectivity index (χ4v) is 3.61. The van der Waals surface area contributed by atoms with Crippen LogP contribution in [0.25, 0.3) is 0 Å². The van der Waals surface area contributed by atoms with Gasteiger partial charge in [0.15, 0.2) is 0 Å². The molecule has 0 bridgehead atoms. The van der Waals surface area contributed by atoms with Crippen molar-refractivity contribution in [1.82, 2.24) is 9.97 Å². The van der Waals surface area contributed by atoms with E-state index in [9.17, 15) is 5.02 Å². The third-order valence-corrected chi connectivity index (χ3v) is 5.20. The van der Waals surface area contributed by atoms with Gasteiger partial charge in [-0.1, -0.05) is 0 Å². The summed E-state index contributed by atoms with van der Waals surface area (Å²) in [6.07, 6.45) is 2.59. The highest BCUT2D eigenvalue weighted by Crippen LogP contribution is 2.26. The molecule has 1 aromatic carbocycles. The van der Waals surface area contributed by atoms with Gasteiger partial charge in [-0.05, 0) is 31.7 Å². The van der Waals surface area contributed by atoms with Gasteiger partial charge in [-0.25, -0.2) is 4.98 Å². The second kappa shape index (κ2) is 8.36. The number of benzene rings is 1. The van der Waals surface area contributed by atoms with Gasteiger partial charge in [-0.3, -0.25) is 4.99 Å². The molecule has 3 heterocycles. The largest absolute Gasteiger partial charge is 0.497 e. The zero-order valence-electron chi connectivity index (χ0n) is 16.5. The Morgan fingerprint density at radius 2 is 2.28 bits per heavy atom. The Morgan fingerprint density at radius 3 is 3.07 bits per heavy atom. The molecule has 0 aliphatic carbocycles. The lowest BCUT2D eigenvalue weighted by Crippen LogP contribution is -2.41. The highest BCUT2D eigenvalue weighted by molar-refractivity contribution is 6.62. The van der Waals surface area contributed by atoms with Gasteiger partial charge >= 0.3 is 7.12 Å². The van der Waals surface area contributed by atoms with Gasteiger partial charge in [0.25, 0.3) is 0 Å². The standard InChI is InChI=1S/C19H24BN5O4/c1-11-8-22-19(25-18(11)24-15-10-28-5-4-14(15)21-2)23-13-6-12-9-29-20(26)17(12)16(7-13)27-3/h6-8,14-15,26H,2,4-5,9-10H2,1,3H3,(H2,22,23,24,25)/t14?,15-/m0/s1. The van der Waals surface area contributed by atoms with E-state index in [1.165, 1.54) is 0 Å². The van der Waals surface area contributed by atoms with Crippen LogP contribution in [-0.2, 0) is 16.0 Å². The van der Waals surface area contributed by atoms with E-state index in [0.717, 1.165) is 29.1 Å². The van der Waals surface area contributed by atoms with Crippen LogP contribution in [0.4, 0.5) is 17.5 Å². The molecule has 0 amide bonds. The summed E-state index contributed by atoms with van der Waals surface area (Å²) in [4.78, 5) is 13.2. The maximum atomic E-state index is 9.96. The molecule has 2 aromatic rings. The van der Waals surface area contributed by atoms with Crippen LogP contribution in [0.2, 0.25) is 0 Å². The van der Waals surface area contributed by atoms with Gasteiger partial charge < -0.3 is 29.8 Å². The number of hydrogen-bond acceptors (Lipinski definition) is 9. The van der Waals surface area contributed by atoms with E-state index in [2.05, 4.69) is 32.3 Å². The van der Waals surface area contributed by atoms with Crippen molar-refractivity contribution in [2.75, 3.05) is 31.0 Å². The van der Waals surface area contributed by atoms with Gasteiger partial charge in [0, 0.05) is 35.6 Å². The van der Waals surface area contributed by atoms with Crippen LogP contribution in [0.3, 0.4) is 0 Å². The molecular weight excluding hydrogens is 373 g/mol. The Hall–Kier alpha value is -2.69. The van der Waals surface area contributed by atoms with Crippen LogP contribution in [-0.4, -0.2) is 61.2 Å². The maximum absolute atomic E-state index is 9.96. The van der Waals surface area contributed by atoms with E-state index in [0.29, 0.717) is 37.0 Å². The van der Waals surface area contributed by atoms with Crippen LogP contribution in [0.15, 0.2) is 23.3 Å². The van der Waals surface area contributed by atoms with E-state index in [-0.39, 0.29) is 12.1 Å². The summed E-state index contributed by atoms with van der Waals surface area (Å²) in [7, 11) is 0.593. The third kappa shape index (κ3) is 4.05. The Labute approximate surface area is 169 Å². The Balaban J connectivity index is 1.56. The fourth-order valence-electron chi connectivity index (χ4n) is 3.61. The number of hydrogen-bond donors (Lipinski definition) is 3. The number of aliphatic imine (C=N–C) groups is 1. The zero-order chi connectivity index (χ0) is 20.4. The van der Waals surface area contributed by atoms with Crippen molar-refractivity contribution >= 4 is 36.8 Å². The van der Waals surface area contributed by atoms with Gasteiger partial charge in [0.05, 0.1) is 32.4 Å². The number of ether oxygens (including phenoxy) is 2. The first-order chi connectivity index (χ1) is 14.1. The van der Waals surface area contributed by atoms with Crippen molar-refractivity contribution in [1.29, 1.82) is 0 Å². The molecule has 29 heavy (non-hydrogen) atoms. The van der Waals surface area contributed by atoms with Crippen LogP contribution < -0.4 is 20.8 Å². The van der Waals surface area contributed by atoms with Crippen molar-refractivity contribution < 1.29 is 19.2 Å². The highest BCUT2D eigenvalue weighted by Gasteiger charge is 2.32. The lowest BCUT2D eigenvalue weighted by atomic mass is 9.78. The molecule has 3 N–H and O–H groups in total. The average molecular weight is 397 g/mol. The van der Waals surface area contributed by atoms with Gasteiger partial charge in [-0.15, -0.1) is 0 Å². The zero-order valence-corrected chi connectivity index (χ0v) is 16.5. The summed E-state index contributed by atoms with van der Waals surface area (Å²) in [5.41, 5.74) is 3.20. The van der Waals surface area contributed by atoms with E-state index in [4.69, 9.17) is 14.1 Å². The molecule has 2 atom stereocenters. The summed E-state index contributed by atoms with van der Waals surface area (Å²) in [6.45, 7) is 7.21. The molecule has 2 aliphatic heterocycles. The molecule has 1 unspecified atom stereocenters. The summed E-state index contributed by atoms with van der Waals surface area (Å²) in [5, 5.41) is 16.6. The SMILES string of the molecule is C=NC1CCOC[C@@H]1Nc1nc(Nc2cc3c(c(OC)c2)B(O)OC3)ncc1C. The summed E-state index contributed by atoms with van der Waals surface area (Å²) in [5.74, 6) is 1.72. The number of nitrogens with one attached hydrogen (secondary N) is 2. The lowest BCUT2D eigenvalue weighted by molar-refractivity contribution is 0.0774. The molecular formula is C19H24BN5O4. The number of nitrogens with zero attached hydrogens (tertiary/aromatic N) is 3. The predicted molar refractivity (Wildman–Crippen MR) is 112 cm³/mol. The van der Waals surface area contributed by atoms with Crippen molar-refractivity contribution in [3.05, 3.63) is 29.5 Å². The quantitative estimate of drug-likeness (QED) is 0.490. The number of rotatable bonds is 6. The first kappa shape index (κ1) is 19.6. The van der Waals surface area contributed by atoms with Crippen LogP contribution in [0.1, 0.15) is 17.5 Å². The maximum Gasteiger partial charge on any atom is 0.495 e. The lowest BCUT2D eigenvalue weighted by Gasteiger charge is -2.30. The second-order valence-electron chi connectivity index (χ2n) is 7.13. The number of anilines is 3. The minimum Gasteiger partial charge on any atom is -0.497 e. The van der Waals surface area contributed by atoms with Gasteiger partial charge in [-0.2, -0.15) is 4.98 Å². The molecule has 0 saturated carbocycles. The monoisotopic (exact) mass is 397 g/mol. The first-order valence-corrected chi connectivity index (χ1v) is 9.50. The molecule has 9 nitrogen and oxygen atoms in total. The minimum absolute atomic E-state index is 0.0152. The molecule has 10 heteroatoms. The van der Waals surface area contributed by atoms with E-state index >= 15 is 0 Å². The molecule has 1 saturated heterocycles. The predicted octanol–water partition coefficient (Wildman–Crippen LogP) is 1.02. The van der Waals surface area contributed by atoms with E-state index in [1.54, 1.807) is 19.4 Å². The van der Waals surface area contributed by atoms with Gasteiger partial charge in [0.2, 0.25) is 5.95 Å². The summed E-state index contributed by atoms with van der Waals surface area (Å²) < 4.78 is 16.3. The average Bonchev–Trinajstić information content (AvgIpc) is 3.11. The van der Waals surface area contributed by atoms with E-state index < -0.39 is 7.12 Å². The Morgan fingerprint density at radius 1 is 1.41 bits per heavy atom. The third-order valence-electron chi connectivity index (χ3n) is 5.20. The minimum atomic E-state index is -0.968. The normalized spacial score (nSPS) is 20.9. The number of fused-ring (bicyclic) bond motifs is 1. The van der Waals surface area contributed by atoms with Crippen molar-refractivity contribution in [3.8, 4) is 5.75 Å². The second-order valence-corrected chi connectivity index (χ2v) is 7.13. The molecule has 152 valence electrons. The Bertz CT molecular complexity index is 912. The molecule has 1 fully saturated rings. The van der Waals surface area contributed by atoms with Gasteiger partial charge in [0.1, 0.15) is 11.6 Å².